The van der Waals surface area contributed by atoms with Crippen molar-refractivity contribution in [1.82, 2.24) is 10.6 Å². The predicted octanol–water partition coefficient (Wildman–Crippen LogP) is 2.40. The molecule has 6 heteroatoms. The van der Waals surface area contributed by atoms with Crippen LogP contribution in [0.15, 0.2) is 54.6 Å². The number of carbonyl (C=O) groups is 2. The van der Waals surface area contributed by atoms with Crippen LogP contribution in [0.1, 0.15) is 21.5 Å². The van der Waals surface area contributed by atoms with Crippen molar-refractivity contribution in [3.63, 3.8) is 0 Å². The minimum atomic E-state index is -0.198. The summed E-state index contributed by atoms with van der Waals surface area (Å²) in [5, 5.41) is 5.40. The van der Waals surface area contributed by atoms with Crippen molar-refractivity contribution in [1.29, 1.82) is 0 Å². The first-order chi connectivity index (χ1) is 13.1. The van der Waals surface area contributed by atoms with E-state index in [-0.39, 0.29) is 11.8 Å². The SMILES string of the molecule is CNC(=O)c1ccc(/C=C/C(=O)NCc2cccc(OCCOC)c2)cc1. The van der Waals surface area contributed by atoms with Crippen LogP contribution in [-0.4, -0.2) is 39.2 Å². The molecule has 2 aromatic rings. The van der Waals surface area contributed by atoms with Gasteiger partial charge in [-0.15, -0.1) is 0 Å². The molecule has 0 unspecified atom stereocenters. The Morgan fingerprint density at radius 1 is 1.07 bits per heavy atom. The molecule has 0 aliphatic heterocycles. The Kier molecular flexibility index (Phi) is 8.06. The van der Waals surface area contributed by atoms with E-state index in [1.165, 1.54) is 6.08 Å². The zero-order chi connectivity index (χ0) is 19.5. The van der Waals surface area contributed by atoms with Gasteiger partial charge in [-0.05, 0) is 41.5 Å². The Morgan fingerprint density at radius 3 is 2.56 bits per heavy atom. The van der Waals surface area contributed by atoms with E-state index in [9.17, 15) is 9.59 Å². The summed E-state index contributed by atoms with van der Waals surface area (Å²) in [6.45, 7) is 1.41. The standard InChI is InChI=1S/C21H24N2O4/c1-22-21(25)18-9-6-16(7-10-18)8-11-20(24)23-15-17-4-3-5-19(14-17)27-13-12-26-2/h3-11,14H,12-13,15H2,1-2H3,(H,22,25)(H,23,24)/b11-8+. The van der Waals surface area contributed by atoms with Gasteiger partial charge < -0.3 is 20.1 Å². The Bertz CT molecular complexity index is 785. The Balaban J connectivity index is 1.84. The van der Waals surface area contributed by atoms with Gasteiger partial charge in [0.05, 0.1) is 6.61 Å². The largest absolute Gasteiger partial charge is 0.491 e. The minimum Gasteiger partial charge on any atom is -0.491 e. The number of hydrogen-bond acceptors (Lipinski definition) is 4. The molecule has 0 spiro atoms. The molecule has 142 valence electrons. The number of benzene rings is 2. The van der Waals surface area contributed by atoms with Crippen molar-refractivity contribution in [2.45, 2.75) is 6.54 Å². The maximum absolute atomic E-state index is 12.0. The van der Waals surface area contributed by atoms with Crippen LogP contribution < -0.4 is 15.4 Å². The summed E-state index contributed by atoms with van der Waals surface area (Å²) >= 11 is 0. The lowest BCUT2D eigenvalue weighted by atomic mass is 10.1. The lowest BCUT2D eigenvalue weighted by Gasteiger charge is -2.08. The lowest BCUT2D eigenvalue weighted by Crippen LogP contribution is -2.20. The molecule has 0 aliphatic carbocycles. The van der Waals surface area contributed by atoms with Crippen molar-refractivity contribution in [3.8, 4) is 5.75 Å². The number of carbonyl (C=O) groups excluding carboxylic acids is 2. The number of ether oxygens (including phenoxy) is 2. The first-order valence-electron chi connectivity index (χ1n) is 8.61. The van der Waals surface area contributed by atoms with Crippen molar-refractivity contribution in [2.75, 3.05) is 27.4 Å². The van der Waals surface area contributed by atoms with Crippen LogP contribution in [0.3, 0.4) is 0 Å². The highest BCUT2D eigenvalue weighted by molar-refractivity contribution is 5.94. The number of hydrogen-bond donors (Lipinski definition) is 2. The van der Waals surface area contributed by atoms with Gasteiger partial charge in [0.25, 0.3) is 5.91 Å². The smallest absolute Gasteiger partial charge is 0.251 e. The molecule has 2 amide bonds. The van der Waals surface area contributed by atoms with Gasteiger partial charge in [-0.1, -0.05) is 24.3 Å². The highest BCUT2D eigenvalue weighted by Crippen LogP contribution is 2.13. The van der Waals surface area contributed by atoms with Crippen molar-refractivity contribution in [3.05, 3.63) is 71.3 Å². The topological polar surface area (TPSA) is 76.7 Å². The molecule has 0 fully saturated rings. The second-order valence-corrected chi connectivity index (χ2v) is 5.74. The lowest BCUT2D eigenvalue weighted by molar-refractivity contribution is -0.116. The Hall–Kier alpha value is -3.12. The fraction of sp³-hybridized carbons (Fsp3) is 0.238. The van der Waals surface area contributed by atoms with Gasteiger partial charge in [0.2, 0.25) is 5.91 Å². The molecule has 2 rings (SSSR count). The second-order valence-electron chi connectivity index (χ2n) is 5.74. The zero-order valence-corrected chi connectivity index (χ0v) is 15.5. The molecular formula is C21H24N2O4. The molecule has 0 heterocycles. The Morgan fingerprint density at radius 2 is 1.85 bits per heavy atom. The van der Waals surface area contributed by atoms with Gasteiger partial charge in [-0.25, -0.2) is 0 Å². The maximum atomic E-state index is 12.0. The predicted molar refractivity (Wildman–Crippen MR) is 105 cm³/mol. The summed E-state index contributed by atoms with van der Waals surface area (Å²) in [5.74, 6) is 0.401. The molecule has 0 aliphatic rings. The molecular weight excluding hydrogens is 344 g/mol. The average Bonchev–Trinajstić information content (AvgIpc) is 2.71. The first-order valence-corrected chi connectivity index (χ1v) is 8.61. The van der Waals surface area contributed by atoms with Crippen LogP contribution in [0.4, 0.5) is 0 Å². The number of nitrogens with one attached hydrogen (secondary N) is 2. The zero-order valence-electron chi connectivity index (χ0n) is 15.5. The first kappa shape index (κ1) is 20.2. The quantitative estimate of drug-likeness (QED) is 0.526. The van der Waals surface area contributed by atoms with E-state index in [1.54, 1.807) is 44.5 Å². The second kappa shape index (κ2) is 10.8. The molecule has 27 heavy (non-hydrogen) atoms. The number of amides is 2. The van der Waals surface area contributed by atoms with Gasteiger partial charge in [0.15, 0.2) is 0 Å². The normalized spacial score (nSPS) is 10.6. The van der Waals surface area contributed by atoms with Crippen molar-refractivity contribution < 1.29 is 19.1 Å². The van der Waals surface area contributed by atoms with Gasteiger partial charge in [0.1, 0.15) is 12.4 Å². The Labute approximate surface area is 159 Å². The van der Waals surface area contributed by atoms with E-state index in [2.05, 4.69) is 10.6 Å². The van der Waals surface area contributed by atoms with Crippen LogP contribution in [-0.2, 0) is 16.1 Å². The van der Waals surface area contributed by atoms with Crippen molar-refractivity contribution in [2.24, 2.45) is 0 Å². The van der Waals surface area contributed by atoms with Crippen molar-refractivity contribution >= 4 is 17.9 Å². The van der Waals surface area contributed by atoms with E-state index in [4.69, 9.17) is 9.47 Å². The van der Waals surface area contributed by atoms with Gasteiger partial charge in [0, 0.05) is 32.3 Å². The molecule has 0 saturated carbocycles. The third-order valence-corrected chi connectivity index (χ3v) is 3.75. The molecule has 2 aromatic carbocycles. The molecule has 0 bridgehead atoms. The summed E-state index contributed by atoms with van der Waals surface area (Å²) in [5.41, 5.74) is 2.36. The molecule has 0 saturated heterocycles. The van der Waals surface area contributed by atoms with E-state index in [0.717, 1.165) is 16.9 Å². The maximum Gasteiger partial charge on any atom is 0.251 e. The molecule has 0 radical (unpaired) electrons. The van der Waals surface area contributed by atoms with Crippen LogP contribution in [0, 0.1) is 0 Å². The monoisotopic (exact) mass is 368 g/mol. The van der Waals surface area contributed by atoms with E-state index in [1.807, 2.05) is 24.3 Å². The van der Waals surface area contributed by atoms with Gasteiger partial charge in [-0.3, -0.25) is 9.59 Å². The minimum absolute atomic E-state index is 0.142. The third kappa shape index (κ3) is 6.95. The highest BCUT2D eigenvalue weighted by atomic mass is 16.5. The summed E-state index contributed by atoms with van der Waals surface area (Å²) in [7, 11) is 3.21. The third-order valence-electron chi connectivity index (χ3n) is 3.75. The summed E-state index contributed by atoms with van der Waals surface area (Å²) in [6, 6.07) is 14.6. The van der Waals surface area contributed by atoms with Crippen LogP contribution in [0.5, 0.6) is 5.75 Å². The van der Waals surface area contributed by atoms with Crippen LogP contribution in [0.25, 0.3) is 6.08 Å². The molecule has 2 N–H and O–H groups in total. The fourth-order valence-corrected chi connectivity index (χ4v) is 2.30. The van der Waals surface area contributed by atoms with Gasteiger partial charge >= 0.3 is 0 Å². The summed E-state index contributed by atoms with van der Waals surface area (Å²) in [4.78, 5) is 23.5. The van der Waals surface area contributed by atoms with E-state index >= 15 is 0 Å². The van der Waals surface area contributed by atoms with E-state index in [0.29, 0.717) is 25.3 Å². The van der Waals surface area contributed by atoms with Crippen LogP contribution >= 0.6 is 0 Å². The molecule has 6 nitrogen and oxygen atoms in total. The fourth-order valence-electron chi connectivity index (χ4n) is 2.30. The number of methoxy groups -OCH3 is 1. The summed E-state index contributed by atoms with van der Waals surface area (Å²) in [6.07, 6.45) is 3.17. The summed E-state index contributed by atoms with van der Waals surface area (Å²) < 4.78 is 10.5. The average molecular weight is 368 g/mol. The molecule has 0 aromatic heterocycles. The highest BCUT2D eigenvalue weighted by Gasteiger charge is 2.02. The number of rotatable bonds is 9. The molecule has 0 atom stereocenters. The van der Waals surface area contributed by atoms with Gasteiger partial charge in [-0.2, -0.15) is 0 Å². The van der Waals surface area contributed by atoms with E-state index < -0.39 is 0 Å². The van der Waals surface area contributed by atoms with Crippen LogP contribution in [0.2, 0.25) is 0 Å².